The van der Waals surface area contributed by atoms with Gasteiger partial charge in [-0.3, -0.25) is 9.36 Å². The first-order chi connectivity index (χ1) is 18.5. The number of rotatable bonds is 9. The summed E-state index contributed by atoms with van der Waals surface area (Å²) in [5.74, 6) is 4.16. The first kappa shape index (κ1) is 25.7. The number of hydrogen-bond acceptors (Lipinski definition) is 4. The minimum atomic E-state index is -0.155. The van der Waals surface area contributed by atoms with Gasteiger partial charge in [0.05, 0.1) is 12.2 Å². The summed E-state index contributed by atoms with van der Waals surface area (Å²) >= 11 is 1.72. The van der Waals surface area contributed by atoms with Gasteiger partial charge in [-0.2, -0.15) is 0 Å². The van der Waals surface area contributed by atoms with Crippen molar-refractivity contribution in [3.8, 4) is 5.69 Å². The van der Waals surface area contributed by atoms with Crippen LogP contribution in [0.3, 0.4) is 0 Å². The highest BCUT2D eigenvalue weighted by atomic mass is 32.2. The lowest BCUT2D eigenvalue weighted by Gasteiger charge is -2.55. The van der Waals surface area contributed by atoms with Crippen molar-refractivity contribution in [3.05, 3.63) is 70.5 Å². The third-order valence-electron chi connectivity index (χ3n) is 9.27. The maximum Gasteiger partial charge on any atom is 0.226 e. The molecule has 0 atom stereocenters. The number of aromatic nitrogens is 3. The fourth-order valence-corrected chi connectivity index (χ4v) is 8.82. The topological polar surface area (TPSA) is 59.8 Å². The molecule has 0 unspecified atom stereocenters. The Balaban J connectivity index is 1.29. The van der Waals surface area contributed by atoms with E-state index < -0.39 is 0 Å². The van der Waals surface area contributed by atoms with Crippen molar-refractivity contribution >= 4 is 17.7 Å². The van der Waals surface area contributed by atoms with Gasteiger partial charge in [0.15, 0.2) is 11.0 Å². The number of benzene rings is 2. The zero-order valence-electron chi connectivity index (χ0n) is 23.0. The number of hydrogen-bond donors (Lipinski definition) is 1. The number of amides is 1. The predicted octanol–water partition coefficient (Wildman–Crippen LogP) is 6.83. The van der Waals surface area contributed by atoms with Crippen molar-refractivity contribution in [2.75, 3.05) is 0 Å². The molecule has 0 radical (unpaired) electrons. The first-order valence-corrected chi connectivity index (χ1v) is 15.5. The fraction of sp³-hybridized carbons (Fsp3) is 0.531. The fourth-order valence-electron chi connectivity index (χ4n) is 7.92. The van der Waals surface area contributed by atoms with Crippen LogP contribution in [-0.4, -0.2) is 20.7 Å². The molecule has 1 heterocycles. The zero-order chi connectivity index (χ0) is 26.3. The SMILES string of the molecule is CCc1cccc(CC)c1-n1c(CNC(=O)C23CC4CC(CC(C4)C2)C3)nnc1SCc1cccc(C)c1. The van der Waals surface area contributed by atoms with Crippen LogP contribution < -0.4 is 5.32 Å². The van der Waals surface area contributed by atoms with Crippen molar-refractivity contribution < 1.29 is 4.79 Å². The zero-order valence-corrected chi connectivity index (χ0v) is 23.8. The van der Waals surface area contributed by atoms with Crippen LogP contribution in [0.4, 0.5) is 0 Å². The van der Waals surface area contributed by atoms with Gasteiger partial charge in [-0.15, -0.1) is 10.2 Å². The molecule has 0 spiro atoms. The summed E-state index contributed by atoms with van der Waals surface area (Å²) in [5, 5.41) is 13.6. The van der Waals surface area contributed by atoms with Crippen LogP contribution in [0.5, 0.6) is 0 Å². The number of carbonyl (C=O) groups is 1. The average Bonchev–Trinajstić information content (AvgIpc) is 3.31. The average molecular weight is 529 g/mol. The summed E-state index contributed by atoms with van der Waals surface area (Å²) < 4.78 is 2.23. The number of nitrogens with one attached hydrogen (secondary N) is 1. The molecule has 3 aromatic rings. The van der Waals surface area contributed by atoms with Crippen LogP contribution in [0, 0.1) is 30.1 Å². The monoisotopic (exact) mass is 528 g/mol. The number of aryl methyl sites for hydroxylation is 3. The molecule has 0 aliphatic heterocycles. The molecule has 6 heteroatoms. The third-order valence-corrected chi connectivity index (χ3v) is 10.3. The van der Waals surface area contributed by atoms with Crippen LogP contribution >= 0.6 is 11.8 Å². The highest BCUT2D eigenvalue weighted by molar-refractivity contribution is 7.98. The second kappa shape index (κ2) is 10.5. The van der Waals surface area contributed by atoms with E-state index in [1.165, 1.54) is 47.2 Å². The van der Waals surface area contributed by atoms with Gasteiger partial charge in [-0.05, 0) is 92.7 Å². The van der Waals surface area contributed by atoms with Crippen LogP contribution in [0.2, 0.25) is 0 Å². The van der Waals surface area contributed by atoms with E-state index in [1.807, 2.05) is 0 Å². The van der Waals surface area contributed by atoms with Crippen molar-refractivity contribution in [3.63, 3.8) is 0 Å². The summed E-state index contributed by atoms with van der Waals surface area (Å²) in [4.78, 5) is 13.7. The maximum absolute atomic E-state index is 13.7. The molecule has 2 aromatic carbocycles. The normalized spacial score (nSPS) is 25.6. The molecule has 1 N–H and O–H groups in total. The molecule has 5 nitrogen and oxygen atoms in total. The Morgan fingerprint density at radius 2 is 1.61 bits per heavy atom. The van der Waals surface area contributed by atoms with Crippen molar-refractivity contribution in [2.45, 2.75) is 89.6 Å². The highest BCUT2D eigenvalue weighted by Gasteiger charge is 2.54. The summed E-state index contributed by atoms with van der Waals surface area (Å²) in [6.45, 7) is 6.96. The van der Waals surface area contributed by atoms with Gasteiger partial charge in [0.1, 0.15) is 0 Å². The number of thioether (sulfide) groups is 1. The van der Waals surface area contributed by atoms with Crippen LogP contribution in [0.15, 0.2) is 47.6 Å². The van der Waals surface area contributed by atoms with Gasteiger partial charge in [0, 0.05) is 11.2 Å². The molecular formula is C32H40N4OS. The summed E-state index contributed by atoms with van der Waals surface area (Å²) in [6, 6.07) is 15.2. The predicted molar refractivity (Wildman–Crippen MR) is 153 cm³/mol. The van der Waals surface area contributed by atoms with E-state index in [9.17, 15) is 4.79 Å². The molecule has 7 rings (SSSR count). The molecule has 4 bridgehead atoms. The van der Waals surface area contributed by atoms with Gasteiger partial charge in [-0.25, -0.2) is 0 Å². The van der Waals surface area contributed by atoms with Gasteiger partial charge in [0.2, 0.25) is 5.91 Å². The van der Waals surface area contributed by atoms with Gasteiger partial charge >= 0.3 is 0 Å². The summed E-state index contributed by atoms with van der Waals surface area (Å²) in [5.41, 5.74) is 6.15. The van der Waals surface area contributed by atoms with Gasteiger partial charge in [-0.1, -0.05) is 73.6 Å². The Bertz CT molecular complexity index is 1270. The molecule has 4 fully saturated rings. The van der Waals surface area contributed by atoms with Crippen LogP contribution in [0.25, 0.3) is 5.69 Å². The Morgan fingerprint density at radius 3 is 2.21 bits per heavy atom. The number of carbonyl (C=O) groups excluding carboxylic acids is 1. The van der Waals surface area contributed by atoms with Gasteiger partial charge in [0.25, 0.3) is 0 Å². The van der Waals surface area contributed by atoms with Crippen LogP contribution in [-0.2, 0) is 29.9 Å². The van der Waals surface area contributed by atoms with Crippen molar-refractivity contribution in [1.29, 1.82) is 0 Å². The van der Waals surface area contributed by atoms with E-state index in [0.717, 1.165) is 66.6 Å². The Hall–Kier alpha value is -2.60. The molecule has 38 heavy (non-hydrogen) atoms. The quantitative estimate of drug-likeness (QED) is 0.309. The Morgan fingerprint density at radius 1 is 0.974 bits per heavy atom. The van der Waals surface area contributed by atoms with E-state index in [1.54, 1.807) is 11.8 Å². The second-order valence-corrected chi connectivity index (χ2v) is 13.0. The van der Waals surface area contributed by atoms with E-state index in [2.05, 4.69) is 83.3 Å². The molecule has 1 aromatic heterocycles. The first-order valence-electron chi connectivity index (χ1n) is 14.5. The molecule has 4 aliphatic rings. The summed E-state index contributed by atoms with van der Waals surface area (Å²) in [6.07, 6.45) is 9.13. The van der Waals surface area contributed by atoms with Gasteiger partial charge < -0.3 is 5.32 Å². The number of para-hydroxylation sites is 1. The molecule has 4 saturated carbocycles. The van der Waals surface area contributed by atoms with Crippen molar-refractivity contribution in [2.24, 2.45) is 23.2 Å². The Kier molecular flexibility index (Phi) is 7.10. The molecule has 0 saturated heterocycles. The maximum atomic E-state index is 13.7. The van der Waals surface area contributed by atoms with Crippen molar-refractivity contribution in [1.82, 2.24) is 20.1 Å². The molecular weight excluding hydrogens is 488 g/mol. The smallest absolute Gasteiger partial charge is 0.226 e. The second-order valence-electron chi connectivity index (χ2n) is 12.0. The lowest BCUT2D eigenvalue weighted by Crippen LogP contribution is -2.53. The minimum absolute atomic E-state index is 0.155. The number of nitrogens with zero attached hydrogens (tertiary/aromatic N) is 3. The third kappa shape index (κ3) is 4.81. The summed E-state index contributed by atoms with van der Waals surface area (Å²) in [7, 11) is 0. The van der Waals surface area contributed by atoms with E-state index >= 15 is 0 Å². The van der Waals surface area contributed by atoms with E-state index in [4.69, 9.17) is 0 Å². The lowest BCUT2D eigenvalue weighted by atomic mass is 9.49. The van der Waals surface area contributed by atoms with E-state index in [-0.39, 0.29) is 11.3 Å². The highest BCUT2D eigenvalue weighted by Crippen LogP contribution is 2.60. The largest absolute Gasteiger partial charge is 0.348 e. The molecule has 200 valence electrons. The van der Waals surface area contributed by atoms with Crippen LogP contribution in [0.1, 0.15) is 80.5 Å². The minimum Gasteiger partial charge on any atom is -0.348 e. The standard InChI is InChI=1S/C32H40N4OS/c1-4-26-10-7-11-27(5-2)29(26)36-28(34-35-31(36)38-20-22-9-6-8-21(3)12-22)19-33-30(37)32-16-23-13-24(17-32)15-25(14-23)18-32/h6-12,23-25H,4-5,13-20H2,1-3H3,(H,33,37). The Labute approximate surface area is 231 Å². The van der Waals surface area contributed by atoms with E-state index in [0.29, 0.717) is 6.54 Å². The lowest BCUT2D eigenvalue weighted by molar-refractivity contribution is -0.146. The molecule has 4 aliphatic carbocycles. The molecule has 1 amide bonds.